The number of hydrogen-bond acceptors (Lipinski definition) is 9. The quantitative estimate of drug-likeness (QED) is 0.543. The maximum atomic E-state index is 8.36. The van der Waals surface area contributed by atoms with Gasteiger partial charge in [0.15, 0.2) is 0 Å². The Labute approximate surface area is 203 Å². The molecule has 190 valence electrons. The van der Waals surface area contributed by atoms with E-state index in [0.717, 1.165) is 58.8 Å². The van der Waals surface area contributed by atoms with E-state index in [0.29, 0.717) is 6.42 Å². The van der Waals surface area contributed by atoms with Crippen molar-refractivity contribution in [2.24, 2.45) is 5.73 Å². The van der Waals surface area contributed by atoms with Gasteiger partial charge >= 0.3 is 0 Å². The van der Waals surface area contributed by atoms with E-state index in [9.17, 15) is 0 Å². The van der Waals surface area contributed by atoms with Gasteiger partial charge in [-0.1, -0.05) is 6.58 Å². The standard InChI is InChI=1S/C8H19N3.C8H15N3.C5H12N2.C3H3N/c2*1-10-5-7-11(8-6-10)4-2-3-9;1-7-4-2-6-3-5-7;1-2-3-4/h2-9H2,1H3;2,4-8H2,1H3;6H,2-5H2,1H3;2H,1H2. The van der Waals surface area contributed by atoms with Gasteiger partial charge in [-0.05, 0) is 40.7 Å². The van der Waals surface area contributed by atoms with Crippen LogP contribution in [0.3, 0.4) is 0 Å². The molecule has 3 aliphatic rings. The van der Waals surface area contributed by atoms with Crippen molar-refractivity contribution in [3.8, 4) is 12.1 Å². The molecule has 3 rings (SSSR count). The summed E-state index contributed by atoms with van der Waals surface area (Å²) in [5.74, 6) is 0. The molecule has 0 aromatic heterocycles. The Balaban J connectivity index is 0.000000439. The number of allylic oxidation sites excluding steroid dienone is 1. The molecule has 9 nitrogen and oxygen atoms in total. The number of nitrogens with zero attached hydrogens (tertiary/aromatic N) is 7. The molecular formula is C24H49N9. The maximum absolute atomic E-state index is 8.36. The highest BCUT2D eigenvalue weighted by Crippen LogP contribution is 1.99. The van der Waals surface area contributed by atoms with Crippen LogP contribution in [0.1, 0.15) is 12.8 Å². The topological polar surface area (TPSA) is 102 Å². The molecule has 9 heteroatoms. The van der Waals surface area contributed by atoms with Gasteiger partial charge in [0, 0.05) is 97.6 Å². The van der Waals surface area contributed by atoms with E-state index in [4.69, 9.17) is 16.3 Å². The highest BCUT2D eigenvalue weighted by molar-refractivity contribution is 4.93. The third kappa shape index (κ3) is 19.6. The van der Waals surface area contributed by atoms with Crippen LogP contribution in [0.25, 0.3) is 0 Å². The monoisotopic (exact) mass is 463 g/mol. The number of rotatable bonds is 5. The van der Waals surface area contributed by atoms with Crippen LogP contribution in [0.15, 0.2) is 12.7 Å². The molecule has 3 N–H and O–H groups in total. The lowest BCUT2D eigenvalue weighted by atomic mass is 10.3. The first-order valence-electron chi connectivity index (χ1n) is 12.2. The largest absolute Gasteiger partial charge is 0.330 e. The minimum absolute atomic E-state index is 0.670. The van der Waals surface area contributed by atoms with E-state index >= 15 is 0 Å². The fourth-order valence-corrected chi connectivity index (χ4v) is 3.44. The first-order chi connectivity index (χ1) is 16.0. The molecule has 0 radical (unpaired) electrons. The Bertz CT molecular complexity index is 518. The molecule has 3 saturated heterocycles. The van der Waals surface area contributed by atoms with Crippen molar-refractivity contribution in [1.82, 2.24) is 29.8 Å². The average Bonchev–Trinajstić information content (AvgIpc) is 2.85. The minimum Gasteiger partial charge on any atom is -0.330 e. The molecule has 0 atom stereocenters. The van der Waals surface area contributed by atoms with E-state index in [-0.39, 0.29) is 0 Å². The van der Waals surface area contributed by atoms with Crippen molar-refractivity contribution < 1.29 is 0 Å². The Hall–Kier alpha value is -1.56. The molecule has 0 aromatic rings. The minimum atomic E-state index is 0.670. The molecule has 0 bridgehead atoms. The van der Waals surface area contributed by atoms with Crippen LogP contribution in [0.2, 0.25) is 0 Å². The van der Waals surface area contributed by atoms with Gasteiger partial charge in [-0.3, -0.25) is 4.90 Å². The predicted molar refractivity (Wildman–Crippen MR) is 138 cm³/mol. The molecule has 3 fully saturated rings. The van der Waals surface area contributed by atoms with Crippen LogP contribution in [-0.2, 0) is 0 Å². The van der Waals surface area contributed by atoms with Gasteiger partial charge in [0.25, 0.3) is 0 Å². The summed E-state index contributed by atoms with van der Waals surface area (Å²) in [6, 6.07) is 3.87. The van der Waals surface area contributed by atoms with Gasteiger partial charge in [0.2, 0.25) is 0 Å². The fraction of sp³-hybridized carbons (Fsp3) is 0.833. The summed E-state index contributed by atoms with van der Waals surface area (Å²) in [7, 11) is 6.47. The summed E-state index contributed by atoms with van der Waals surface area (Å²) in [5, 5.41) is 19.1. The number of piperazine rings is 3. The van der Waals surface area contributed by atoms with E-state index < -0.39 is 0 Å². The van der Waals surface area contributed by atoms with Crippen LogP contribution >= 0.6 is 0 Å². The van der Waals surface area contributed by atoms with E-state index in [1.807, 2.05) is 0 Å². The molecule has 0 spiro atoms. The third-order valence-corrected chi connectivity index (χ3v) is 5.84. The summed E-state index contributed by atoms with van der Waals surface area (Å²) in [6.07, 6.45) is 2.99. The van der Waals surface area contributed by atoms with Gasteiger partial charge in [0.1, 0.15) is 0 Å². The number of nitriles is 2. The Morgan fingerprint density at radius 2 is 1.21 bits per heavy atom. The number of hydrogen-bond donors (Lipinski definition) is 2. The van der Waals surface area contributed by atoms with Gasteiger partial charge in [0.05, 0.1) is 12.1 Å². The molecule has 0 amide bonds. The fourth-order valence-electron chi connectivity index (χ4n) is 3.44. The molecule has 33 heavy (non-hydrogen) atoms. The van der Waals surface area contributed by atoms with E-state index in [1.54, 1.807) is 6.07 Å². The average molecular weight is 464 g/mol. The second-order valence-electron chi connectivity index (χ2n) is 8.73. The first-order valence-corrected chi connectivity index (χ1v) is 12.2. The van der Waals surface area contributed by atoms with Gasteiger partial charge in [-0.25, -0.2) is 0 Å². The molecule has 3 aliphatic heterocycles. The smallest absolute Gasteiger partial charge is 0.0905 e. The first kappa shape index (κ1) is 31.4. The Morgan fingerprint density at radius 3 is 1.55 bits per heavy atom. The van der Waals surface area contributed by atoms with Crippen molar-refractivity contribution in [2.75, 3.05) is 119 Å². The lowest BCUT2D eigenvalue weighted by molar-refractivity contribution is 0.153. The second kappa shape index (κ2) is 22.2. The van der Waals surface area contributed by atoms with Crippen molar-refractivity contribution in [3.05, 3.63) is 12.7 Å². The van der Waals surface area contributed by atoms with Gasteiger partial charge in [-0.15, -0.1) is 0 Å². The van der Waals surface area contributed by atoms with Gasteiger partial charge in [-0.2, -0.15) is 10.5 Å². The summed E-state index contributed by atoms with van der Waals surface area (Å²) in [4.78, 5) is 11.9. The lowest BCUT2D eigenvalue weighted by Gasteiger charge is -2.32. The molecule has 0 saturated carbocycles. The van der Waals surface area contributed by atoms with Crippen molar-refractivity contribution >= 4 is 0 Å². The van der Waals surface area contributed by atoms with Crippen molar-refractivity contribution in [3.63, 3.8) is 0 Å². The third-order valence-electron chi connectivity index (χ3n) is 5.84. The lowest BCUT2D eigenvalue weighted by Crippen LogP contribution is -2.44. The van der Waals surface area contributed by atoms with Crippen LogP contribution in [-0.4, -0.2) is 144 Å². The number of nitrogens with two attached hydrogens (primary N) is 1. The molecule has 0 aromatic carbocycles. The summed E-state index contributed by atoms with van der Waals surface area (Å²) in [6.45, 7) is 20.2. The highest BCUT2D eigenvalue weighted by Gasteiger charge is 2.13. The summed E-state index contributed by atoms with van der Waals surface area (Å²) in [5.41, 5.74) is 5.44. The maximum Gasteiger partial charge on any atom is 0.0905 e. The van der Waals surface area contributed by atoms with E-state index in [2.05, 4.69) is 63.6 Å². The normalized spacial score (nSPS) is 20.4. The molecule has 0 aliphatic carbocycles. The number of likely N-dealkylation sites (N-methyl/N-ethyl adjacent to an activating group) is 3. The van der Waals surface area contributed by atoms with Crippen molar-refractivity contribution in [1.29, 1.82) is 10.5 Å². The zero-order chi connectivity index (χ0) is 24.7. The SMILES string of the molecule is C=CC#N.CN1CCN(CCC#N)CC1.CN1CCN(CCCN)CC1.CN1CCNCC1. The highest BCUT2D eigenvalue weighted by atomic mass is 15.2. The molecule has 0 unspecified atom stereocenters. The van der Waals surface area contributed by atoms with Crippen molar-refractivity contribution in [2.45, 2.75) is 12.8 Å². The Morgan fingerprint density at radius 1 is 0.788 bits per heavy atom. The van der Waals surface area contributed by atoms with E-state index in [1.165, 1.54) is 51.9 Å². The second-order valence-corrected chi connectivity index (χ2v) is 8.73. The van der Waals surface area contributed by atoms with Crippen LogP contribution in [0, 0.1) is 22.7 Å². The van der Waals surface area contributed by atoms with Crippen LogP contribution < -0.4 is 11.1 Å². The van der Waals surface area contributed by atoms with Crippen LogP contribution in [0.4, 0.5) is 0 Å². The predicted octanol–water partition coefficient (Wildman–Crippen LogP) is -0.0525. The van der Waals surface area contributed by atoms with Gasteiger partial charge < -0.3 is 30.7 Å². The van der Waals surface area contributed by atoms with Crippen LogP contribution in [0.5, 0.6) is 0 Å². The summed E-state index contributed by atoms with van der Waals surface area (Å²) < 4.78 is 0. The Kier molecular flexibility index (Phi) is 21.2. The molecule has 3 heterocycles. The summed E-state index contributed by atoms with van der Waals surface area (Å²) >= 11 is 0. The zero-order valence-electron chi connectivity index (χ0n) is 21.5. The zero-order valence-corrected chi connectivity index (χ0v) is 21.5. The number of nitrogens with one attached hydrogen (secondary N) is 1. The molecular weight excluding hydrogens is 414 g/mol.